The number of aryl methyl sites for hydroxylation is 1. The summed E-state index contributed by atoms with van der Waals surface area (Å²) in [6.45, 7) is 1.03. The quantitative estimate of drug-likeness (QED) is 0.723. The van der Waals surface area contributed by atoms with Crippen LogP contribution in [0.1, 0.15) is 12.0 Å². The largest absolute Gasteiger partial charge is 0.397 e. The Morgan fingerprint density at radius 1 is 1.38 bits per heavy atom. The second kappa shape index (κ2) is 3.50. The minimum absolute atomic E-state index is 0.771. The van der Waals surface area contributed by atoms with E-state index in [-0.39, 0.29) is 0 Å². The van der Waals surface area contributed by atoms with Crippen molar-refractivity contribution in [3.63, 3.8) is 0 Å². The van der Waals surface area contributed by atoms with Crippen LogP contribution in [0.2, 0.25) is 0 Å². The molecule has 1 heterocycles. The van der Waals surface area contributed by atoms with Gasteiger partial charge in [-0.1, -0.05) is 0 Å². The fourth-order valence-corrected chi connectivity index (χ4v) is 2.91. The Kier molecular flexibility index (Phi) is 2.51. The maximum atomic E-state index is 5.87. The maximum absolute atomic E-state index is 5.87. The van der Waals surface area contributed by atoms with E-state index in [0.29, 0.717) is 0 Å². The lowest BCUT2D eigenvalue weighted by atomic mass is 10.0. The summed E-state index contributed by atoms with van der Waals surface area (Å²) in [5, 5.41) is 3.35. The zero-order chi connectivity index (χ0) is 9.42. The third-order valence-corrected chi connectivity index (χ3v) is 3.74. The van der Waals surface area contributed by atoms with Gasteiger partial charge in [-0.2, -0.15) is 0 Å². The summed E-state index contributed by atoms with van der Waals surface area (Å²) in [6, 6.07) is 2.10. The van der Waals surface area contributed by atoms with Gasteiger partial charge in [-0.05, 0) is 56.3 Å². The molecule has 0 radical (unpaired) electrons. The molecule has 0 aromatic heterocycles. The van der Waals surface area contributed by atoms with Crippen LogP contribution in [0.15, 0.2) is 15.0 Å². The molecule has 2 nitrogen and oxygen atoms in total. The molecular weight excluding hydrogens is 296 g/mol. The molecule has 0 spiro atoms. The monoisotopic (exact) mass is 304 g/mol. The van der Waals surface area contributed by atoms with Gasteiger partial charge in [-0.3, -0.25) is 0 Å². The number of nitrogens with two attached hydrogens (primary N) is 1. The summed E-state index contributed by atoms with van der Waals surface area (Å²) >= 11 is 6.94. The van der Waals surface area contributed by atoms with Crippen LogP contribution in [0.4, 0.5) is 11.4 Å². The number of hydrogen-bond donors (Lipinski definition) is 2. The standard InChI is InChI=1S/C9H10Br2N2/c10-6-4-5-2-1-3-13-9(5)7(11)8(6)12/h4,13H,1-3,12H2. The van der Waals surface area contributed by atoms with Crippen LogP contribution in [-0.4, -0.2) is 6.54 Å². The Morgan fingerprint density at radius 3 is 2.92 bits per heavy atom. The van der Waals surface area contributed by atoms with E-state index in [9.17, 15) is 0 Å². The van der Waals surface area contributed by atoms with E-state index in [1.54, 1.807) is 0 Å². The first kappa shape index (κ1) is 9.34. The van der Waals surface area contributed by atoms with Gasteiger partial charge in [0.1, 0.15) is 0 Å². The van der Waals surface area contributed by atoms with Crippen LogP contribution in [0.3, 0.4) is 0 Å². The second-order valence-electron chi connectivity index (χ2n) is 3.15. The normalized spacial score (nSPS) is 14.9. The SMILES string of the molecule is Nc1c(Br)cc2c(c1Br)NCCC2. The lowest BCUT2D eigenvalue weighted by Crippen LogP contribution is -2.13. The summed E-state index contributed by atoms with van der Waals surface area (Å²) in [5.74, 6) is 0. The van der Waals surface area contributed by atoms with Crippen molar-refractivity contribution in [2.45, 2.75) is 12.8 Å². The van der Waals surface area contributed by atoms with E-state index in [4.69, 9.17) is 5.73 Å². The van der Waals surface area contributed by atoms with Crippen LogP contribution in [0, 0.1) is 0 Å². The van der Waals surface area contributed by atoms with E-state index in [1.807, 2.05) is 0 Å². The van der Waals surface area contributed by atoms with Crippen molar-refractivity contribution in [1.29, 1.82) is 0 Å². The van der Waals surface area contributed by atoms with E-state index in [1.165, 1.54) is 12.0 Å². The van der Waals surface area contributed by atoms with Crippen LogP contribution in [0.5, 0.6) is 0 Å². The molecular formula is C9H10Br2N2. The molecule has 70 valence electrons. The Morgan fingerprint density at radius 2 is 2.15 bits per heavy atom. The first-order chi connectivity index (χ1) is 6.20. The number of hydrogen-bond acceptors (Lipinski definition) is 2. The van der Waals surface area contributed by atoms with Crippen LogP contribution >= 0.6 is 31.9 Å². The number of halogens is 2. The van der Waals surface area contributed by atoms with E-state index >= 15 is 0 Å². The van der Waals surface area contributed by atoms with Gasteiger partial charge < -0.3 is 11.1 Å². The lowest BCUT2D eigenvalue weighted by molar-refractivity contribution is 0.828. The number of anilines is 2. The number of benzene rings is 1. The second-order valence-corrected chi connectivity index (χ2v) is 4.80. The number of nitrogen functional groups attached to an aromatic ring is 1. The molecule has 0 atom stereocenters. The van der Waals surface area contributed by atoms with Gasteiger partial charge in [0, 0.05) is 11.0 Å². The molecule has 0 saturated heterocycles. The first-order valence-electron chi connectivity index (χ1n) is 4.20. The van der Waals surface area contributed by atoms with E-state index < -0.39 is 0 Å². The van der Waals surface area contributed by atoms with Gasteiger partial charge in [-0.25, -0.2) is 0 Å². The van der Waals surface area contributed by atoms with Gasteiger partial charge >= 0.3 is 0 Å². The van der Waals surface area contributed by atoms with Crippen molar-refractivity contribution in [2.75, 3.05) is 17.6 Å². The molecule has 0 bridgehead atoms. The molecule has 1 aliphatic rings. The molecule has 1 aliphatic heterocycles. The van der Waals surface area contributed by atoms with Gasteiger partial charge in [0.2, 0.25) is 0 Å². The Labute approximate surface area is 94.1 Å². The molecule has 1 aromatic rings. The van der Waals surface area contributed by atoms with Crippen LogP contribution < -0.4 is 11.1 Å². The summed E-state index contributed by atoms with van der Waals surface area (Å²) < 4.78 is 1.96. The maximum Gasteiger partial charge on any atom is 0.0650 e. The van der Waals surface area contributed by atoms with E-state index in [0.717, 1.165) is 33.3 Å². The van der Waals surface area contributed by atoms with Crippen LogP contribution in [0.25, 0.3) is 0 Å². The molecule has 1 aromatic carbocycles. The molecule has 0 amide bonds. The highest BCUT2D eigenvalue weighted by Gasteiger charge is 2.15. The lowest BCUT2D eigenvalue weighted by Gasteiger charge is -2.21. The highest BCUT2D eigenvalue weighted by molar-refractivity contribution is 9.11. The fourth-order valence-electron chi connectivity index (χ4n) is 1.56. The summed E-state index contributed by atoms with van der Waals surface area (Å²) in [7, 11) is 0. The predicted molar refractivity (Wildman–Crippen MR) is 63.1 cm³/mol. The summed E-state index contributed by atoms with van der Waals surface area (Å²) in [6.07, 6.45) is 2.32. The zero-order valence-electron chi connectivity index (χ0n) is 7.03. The molecule has 13 heavy (non-hydrogen) atoms. The molecule has 4 heteroatoms. The molecule has 0 saturated carbocycles. The van der Waals surface area contributed by atoms with Crippen molar-refractivity contribution in [3.05, 3.63) is 20.6 Å². The van der Waals surface area contributed by atoms with Gasteiger partial charge in [-0.15, -0.1) is 0 Å². The van der Waals surface area contributed by atoms with E-state index in [2.05, 4.69) is 43.2 Å². The average molecular weight is 306 g/mol. The number of nitrogens with one attached hydrogen (secondary N) is 1. The fraction of sp³-hybridized carbons (Fsp3) is 0.333. The van der Waals surface area contributed by atoms with Crippen molar-refractivity contribution < 1.29 is 0 Å². The van der Waals surface area contributed by atoms with Gasteiger partial charge in [0.05, 0.1) is 15.8 Å². The Hall–Kier alpha value is -0.220. The summed E-state index contributed by atoms with van der Waals surface area (Å²) in [5.41, 5.74) is 9.14. The Balaban J connectivity index is 2.60. The van der Waals surface area contributed by atoms with Gasteiger partial charge in [0.15, 0.2) is 0 Å². The van der Waals surface area contributed by atoms with Crippen LogP contribution in [-0.2, 0) is 6.42 Å². The average Bonchev–Trinajstić information content (AvgIpc) is 2.15. The first-order valence-corrected chi connectivity index (χ1v) is 5.79. The third-order valence-electron chi connectivity index (χ3n) is 2.26. The molecule has 2 rings (SSSR count). The number of fused-ring (bicyclic) bond motifs is 1. The molecule has 0 fully saturated rings. The number of rotatable bonds is 0. The molecule has 0 aliphatic carbocycles. The van der Waals surface area contributed by atoms with Crippen molar-refractivity contribution in [2.24, 2.45) is 0 Å². The van der Waals surface area contributed by atoms with Crippen molar-refractivity contribution in [1.82, 2.24) is 0 Å². The molecule has 3 N–H and O–H groups in total. The minimum Gasteiger partial charge on any atom is -0.397 e. The summed E-state index contributed by atoms with van der Waals surface area (Å²) in [4.78, 5) is 0. The zero-order valence-corrected chi connectivity index (χ0v) is 10.2. The minimum atomic E-state index is 0.771. The predicted octanol–water partition coefficient (Wildman–Crippen LogP) is 3.15. The van der Waals surface area contributed by atoms with Crippen molar-refractivity contribution >= 4 is 43.2 Å². The highest BCUT2D eigenvalue weighted by Crippen LogP contribution is 2.39. The topological polar surface area (TPSA) is 38.0 Å². The molecule has 0 unspecified atom stereocenters. The van der Waals surface area contributed by atoms with Gasteiger partial charge in [0.25, 0.3) is 0 Å². The van der Waals surface area contributed by atoms with Crippen molar-refractivity contribution in [3.8, 4) is 0 Å². The third kappa shape index (κ3) is 1.57. The smallest absolute Gasteiger partial charge is 0.0650 e. The Bertz CT molecular complexity index is 350. The highest BCUT2D eigenvalue weighted by atomic mass is 79.9.